The third kappa shape index (κ3) is 3.71. The number of aromatic amines is 1. The lowest BCUT2D eigenvalue weighted by atomic mass is 10.2. The maximum Gasteiger partial charge on any atom is 0.220 e. The molecule has 5 heteroatoms. The normalized spacial score (nSPS) is 9.92. The quantitative estimate of drug-likeness (QED) is 0.573. The number of aromatic nitrogens is 2. The molecule has 0 fully saturated rings. The second kappa shape index (κ2) is 5.31. The summed E-state index contributed by atoms with van der Waals surface area (Å²) in [5.41, 5.74) is 0.874. The van der Waals surface area contributed by atoms with Crippen molar-refractivity contribution in [3.8, 4) is 0 Å². The number of aryl methyl sites for hydroxylation is 1. The molecule has 0 radical (unpaired) electrons. The van der Waals surface area contributed by atoms with Crippen molar-refractivity contribution in [2.45, 2.75) is 12.8 Å². The number of hydrogen-bond acceptors (Lipinski definition) is 3. The van der Waals surface area contributed by atoms with Crippen molar-refractivity contribution in [1.82, 2.24) is 15.3 Å². The Balaban J connectivity index is 2.15. The van der Waals surface area contributed by atoms with E-state index in [1.54, 1.807) is 12.5 Å². The van der Waals surface area contributed by atoms with Gasteiger partial charge in [0, 0.05) is 19.2 Å². The third-order valence-corrected chi connectivity index (χ3v) is 1.60. The van der Waals surface area contributed by atoms with Crippen molar-refractivity contribution in [3.05, 3.63) is 18.2 Å². The molecule has 0 bridgehead atoms. The van der Waals surface area contributed by atoms with E-state index < -0.39 is 0 Å². The number of H-pyrrole nitrogens is 1. The van der Waals surface area contributed by atoms with Gasteiger partial charge in [0.05, 0.1) is 18.6 Å². The SMILES string of the molecule is O=C(CCc1c[nH]cn1)NCCO. The molecule has 72 valence electrons. The Kier molecular flexibility index (Phi) is 3.98. The first-order valence-corrected chi connectivity index (χ1v) is 4.18. The summed E-state index contributed by atoms with van der Waals surface area (Å²) in [6, 6.07) is 0. The van der Waals surface area contributed by atoms with Crippen LogP contribution in [0.25, 0.3) is 0 Å². The lowest BCUT2D eigenvalue weighted by molar-refractivity contribution is -0.121. The second-order valence-electron chi connectivity index (χ2n) is 2.63. The van der Waals surface area contributed by atoms with E-state index in [1.165, 1.54) is 0 Å². The van der Waals surface area contributed by atoms with Crippen molar-refractivity contribution in [3.63, 3.8) is 0 Å². The first-order chi connectivity index (χ1) is 6.33. The number of aliphatic hydroxyl groups excluding tert-OH is 1. The van der Waals surface area contributed by atoms with Gasteiger partial charge < -0.3 is 15.4 Å². The van der Waals surface area contributed by atoms with E-state index in [-0.39, 0.29) is 12.5 Å². The number of amides is 1. The predicted octanol–water partition coefficient (Wildman–Crippen LogP) is -0.549. The number of nitrogens with one attached hydrogen (secondary N) is 2. The van der Waals surface area contributed by atoms with Crippen molar-refractivity contribution in [1.29, 1.82) is 0 Å². The minimum Gasteiger partial charge on any atom is -0.395 e. The standard InChI is InChI=1S/C8H13N3O2/c12-4-3-10-8(13)2-1-7-5-9-6-11-7/h5-6,12H,1-4H2,(H,9,11)(H,10,13). The summed E-state index contributed by atoms with van der Waals surface area (Å²) in [4.78, 5) is 17.8. The van der Waals surface area contributed by atoms with Gasteiger partial charge in [-0.1, -0.05) is 0 Å². The monoisotopic (exact) mass is 183 g/mol. The van der Waals surface area contributed by atoms with Crippen molar-refractivity contribution in [2.75, 3.05) is 13.2 Å². The van der Waals surface area contributed by atoms with Crippen LogP contribution >= 0.6 is 0 Å². The summed E-state index contributed by atoms with van der Waals surface area (Å²) >= 11 is 0. The Hall–Kier alpha value is -1.36. The minimum atomic E-state index is -0.0583. The average Bonchev–Trinajstić information content (AvgIpc) is 2.64. The zero-order valence-electron chi connectivity index (χ0n) is 7.29. The molecule has 0 spiro atoms. The zero-order chi connectivity index (χ0) is 9.52. The fourth-order valence-electron chi connectivity index (χ4n) is 0.953. The molecule has 1 aromatic rings. The Bertz CT molecular complexity index is 246. The van der Waals surface area contributed by atoms with Crippen LogP contribution in [0.4, 0.5) is 0 Å². The van der Waals surface area contributed by atoms with E-state index in [4.69, 9.17) is 5.11 Å². The largest absolute Gasteiger partial charge is 0.395 e. The van der Waals surface area contributed by atoms with Crippen molar-refractivity contribution >= 4 is 5.91 Å². The van der Waals surface area contributed by atoms with E-state index in [9.17, 15) is 4.79 Å². The molecular weight excluding hydrogens is 170 g/mol. The van der Waals surface area contributed by atoms with Gasteiger partial charge in [-0.05, 0) is 6.42 Å². The van der Waals surface area contributed by atoms with Gasteiger partial charge in [0.2, 0.25) is 5.91 Å². The first-order valence-electron chi connectivity index (χ1n) is 4.18. The van der Waals surface area contributed by atoms with Gasteiger partial charge in [-0.3, -0.25) is 4.79 Å². The molecule has 1 heterocycles. The Morgan fingerprint density at radius 2 is 2.54 bits per heavy atom. The van der Waals surface area contributed by atoms with Gasteiger partial charge in [0.1, 0.15) is 0 Å². The van der Waals surface area contributed by atoms with Crippen LogP contribution in [0.5, 0.6) is 0 Å². The smallest absolute Gasteiger partial charge is 0.220 e. The van der Waals surface area contributed by atoms with Crippen molar-refractivity contribution < 1.29 is 9.90 Å². The molecule has 0 saturated heterocycles. The highest BCUT2D eigenvalue weighted by Crippen LogP contribution is 1.95. The van der Waals surface area contributed by atoms with Crippen LogP contribution in [0.1, 0.15) is 12.1 Å². The fraction of sp³-hybridized carbons (Fsp3) is 0.500. The number of rotatable bonds is 5. The number of nitrogens with zero attached hydrogens (tertiary/aromatic N) is 1. The molecule has 1 aromatic heterocycles. The van der Waals surface area contributed by atoms with Crippen LogP contribution < -0.4 is 5.32 Å². The number of aliphatic hydroxyl groups is 1. The van der Waals surface area contributed by atoms with E-state index in [0.717, 1.165) is 5.69 Å². The molecule has 0 aliphatic rings. The van der Waals surface area contributed by atoms with Crippen LogP contribution in [0, 0.1) is 0 Å². The fourth-order valence-corrected chi connectivity index (χ4v) is 0.953. The summed E-state index contributed by atoms with van der Waals surface area (Å²) in [5, 5.41) is 11.0. The summed E-state index contributed by atoms with van der Waals surface area (Å²) in [5.74, 6) is -0.0583. The number of carbonyl (C=O) groups excluding carboxylic acids is 1. The van der Waals surface area contributed by atoms with Gasteiger partial charge in [0.25, 0.3) is 0 Å². The Labute approximate surface area is 76.2 Å². The van der Waals surface area contributed by atoms with Crippen LogP contribution in [-0.2, 0) is 11.2 Å². The van der Waals surface area contributed by atoms with Crippen LogP contribution in [0.2, 0.25) is 0 Å². The molecule has 0 aromatic carbocycles. The van der Waals surface area contributed by atoms with Gasteiger partial charge >= 0.3 is 0 Å². The number of imidazole rings is 1. The summed E-state index contributed by atoms with van der Waals surface area (Å²) in [6.45, 7) is 0.299. The molecular formula is C8H13N3O2. The molecule has 0 unspecified atom stereocenters. The molecule has 0 aliphatic heterocycles. The highest BCUT2D eigenvalue weighted by Gasteiger charge is 2.01. The molecule has 5 nitrogen and oxygen atoms in total. The zero-order valence-corrected chi connectivity index (χ0v) is 7.29. The van der Waals surface area contributed by atoms with Crippen molar-refractivity contribution in [2.24, 2.45) is 0 Å². The molecule has 1 rings (SSSR count). The lowest BCUT2D eigenvalue weighted by Crippen LogP contribution is -2.26. The van der Waals surface area contributed by atoms with Gasteiger partial charge in [-0.15, -0.1) is 0 Å². The summed E-state index contributed by atoms with van der Waals surface area (Å²) in [7, 11) is 0. The van der Waals surface area contributed by atoms with Crippen LogP contribution in [0.15, 0.2) is 12.5 Å². The van der Waals surface area contributed by atoms with Crippen LogP contribution in [0.3, 0.4) is 0 Å². The topological polar surface area (TPSA) is 78.0 Å². The van der Waals surface area contributed by atoms with Gasteiger partial charge in [-0.2, -0.15) is 0 Å². The molecule has 1 amide bonds. The third-order valence-electron chi connectivity index (χ3n) is 1.60. The number of carbonyl (C=O) groups is 1. The highest BCUT2D eigenvalue weighted by atomic mass is 16.3. The van der Waals surface area contributed by atoms with E-state index >= 15 is 0 Å². The first kappa shape index (κ1) is 9.73. The molecule has 0 atom stereocenters. The predicted molar refractivity (Wildman–Crippen MR) is 47.0 cm³/mol. The van der Waals surface area contributed by atoms with Gasteiger partial charge in [0.15, 0.2) is 0 Å². The Morgan fingerprint density at radius 3 is 3.15 bits per heavy atom. The average molecular weight is 183 g/mol. The van der Waals surface area contributed by atoms with Crippen LogP contribution in [-0.4, -0.2) is 34.1 Å². The lowest BCUT2D eigenvalue weighted by Gasteiger charge is -2.00. The highest BCUT2D eigenvalue weighted by molar-refractivity contribution is 5.76. The maximum absolute atomic E-state index is 11.0. The molecule has 0 aliphatic carbocycles. The minimum absolute atomic E-state index is 0.0197. The summed E-state index contributed by atoms with van der Waals surface area (Å²) < 4.78 is 0. The maximum atomic E-state index is 11.0. The van der Waals surface area contributed by atoms with Gasteiger partial charge in [-0.25, -0.2) is 4.98 Å². The molecule has 3 N–H and O–H groups in total. The van der Waals surface area contributed by atoms with E-state index in [0.29, 0.717) is 19.4 Å². The second-order valence-corrected chi connectivity index (χ2v) is 2.63. The summed E-state index contributed by atoms with van der Waals surface area (Å²) in [6.07, 6.45) is 4.38. The number of hydrogen-bond donors (Lipinski definition) is 3. The molecule has 13 heavy (non-hydrogen) atoms. The van der Waals surface area contributed by atoms with E-state index in [1.807, 2.05) is 0 Å². The Morgan fingerprint density at radius 1 is 1.69 bits per heavy atom. The van der Waals surface area contributed by atoms with E-state index in [2.05, 4.69) is 15.3 Å². The molecule has 0 saturated carbocycles.